The van der Waals surface area contributed by atoms with Crippen LogP contribution in [0, 0.1) is 11.8 Å². The molecule has 6 aromatic rings. The van der Waals surface area contributed by atoms with Gasteiger partial charge in [-0.15, -0.1) is 22.7 Å². The number of halogens is 2. The van der Waals surface area contributed by atoms with Gasteiger partial charge in [-0.2, -0.15) is 17.5 Å². The Labute approximate surface area is 283 Å². The predicted octanol–water partition coefficient (Wildman–Crippen LogP) is 13.3. The summed E-state index contributed by atoms with van der Waals surface area (Å²) >= 11 is 5.72. The summed E-state index contributed by atoms with van der Waals surface area (Å²) in [7, 11) is 0. The van der Waals surface area contributed by atoms with Crippen LogP contribution in [0.2, 0.25) is 0 Å². The van der Waals surface area contributed by atoms with Crippen LogP contribution in [0.4, 0.5) is 20.2 Å². The average molecular weight is 687 g/mol. The van der Waals surface area contributed by atoms with E-state index in [0.717, 1.165) is 75.3 Å². The number of hydrogen-bond donors (Lipinski definition) is 0. The van der Waals surface area contributed by atoms with E-state index in [2.05, 4.69) is 24.3 Å². The predicted molar refractivity (Wildman–Crippen MR) is 193 cm³/mol. The van der Waals surface area contributed by atoms with Crippen molar-refractivity contribution in [1.82, 2.24) is 8.75 Å². The van der Waals surface area contributed by atoms with Crippen LogP contribution in [0.1, 0.15) is 64.0 Å². The lowest BCUT2D eigenvalue weighted by Gasteiger charge is -2.11. The Kier molecular flexibility index (Phi) is 8.80. The number of benzene rings is 3. The maximum absolute atomic E-state index is 14.7. The Morgan fingerprint density at radius 3 is 1.33 bits per heavy atom. The smallest absolute Gasteiger partial charge is 0.125 e. The Morgan fingerprint density at radius 1 is 0.543 bits per heavy atom. The molecule has 0 aliphatic carbocycles. The third-order valence-electron chi connectivity index (χ3n) is 8.10. The Balaban J connectivity index is 1.21. The van der Waals surface area contributed by atoms with Crippen LogP contribution in [0.15, 0.2) is 81.5 Å². The van der Waals surface area contributed by atoms with Crippen molar-refractivity contribution in [2.24, 2.45) is 20.6 Å². The Hall–Kier alpha value is -3.44. The molecule has 1 aliphatic heterocycles. The van der Waals surface area contributed by atoms with Gasteiger partial charge in [0.15, 0.2) is 0 Å². The van der Waals surface area contributed by atoms with E-state index in [1.54, 1.807) is 22.7 Å². The molecular weight excluding hydrogens is 655 g/mol. The zero-order chi connectivity index (χ0) is 31.9. The lowest BCUT2D eigenvalue weighted by molar-refractivity contribution is 0.289. The Bertz CT molecular complexity index is 1940. The van der Waals surface area contributed by atoms with E-state index in [1.165, 1.54) is 23.1 Å². The van der Waals surface area contributed by atoms with E-state index >= 15 is 0 Å². The molecule has 2 unspecified atom stereocenters. The number of hydrogen-bond acceptors (Lipinski definition) is 7. The van der Waals surface area contributed by atoms with Crippen molar-refractivity contribution >= 4 is 68.2 Å². The average Bonchev–Trinajstić information content (AvgIpc) is 3.87. The van der Waals surface area contributed by atoms with Gasteiger partial charge in [-0.1, -0.05) is 76.2 Å². The number of alkyl halides is 2. The van der Waals surface area contributed by atoms with Crippen molar-refractivity contribution in [2.75, 3.05) is 0 Å². The molecule has 7 rings (SSSR count). The molecule has 0 saturated heterocycles. The summed E-state index contributed by atoms with van der Waals surface area (Å²) in [5, 5.41) is 0. The summed E-state index contributed by atoms with van der Waals surface area (Å²) in [4.78, 5) is 4.27. The molecule has 2 atom stereocenters. The van der Waals surface area contributed by atoms with Crippen LogP contribution < -0.4 is 0 Å². The topological polar surface area (TPSA) is 50.5 Å². The number of nitrogens with zero attached hydrogens (tertiary/aromatic N) is 4. The molecule has 1 aliphatic rings. The molecule has 46 heavy (non-hydrogen) atoms. The number of rotatable bonds is 10. The monoisotopic (exact) mass is 686 g/mol. The van der Waals surface area contributed by atoms with Gasteiger partial charge < -0.3 is 0 Å². The van der Waals surface area contributed by atoms with Crippen LogP contribution in [0.3, 0.4) is 0 Å². The zero-order valence-corrected chi connectivity index (χ0v) is 29.1. The SMILES string of the molecule is CC(C)CC(F)c1ccc(-c2ccc(-c3c4c(c(-c5ccc(-c6ccc(C(F)CC(C)C)cc6)s5)c5nsnc35)N=S=N4)s2)cc1. The van der Waals surface area contributed by atoms with Crippen LogP contribution in [0.5, 0.6) is 0 Å². The number of fused-ring (bicyclic) bond motifs is 2. The molecule has 4 heterocycles. The fourth-order valence-corrected chi connectivity index (χ4v) is 9.03. The van der Waals surface area contributed by atoms with Gasteiger partial charge in [-0.05, 0) is 71.2 Å². The van der Waals surface area contributed by atoms with E-state index in [4.69, 9.17) is 17.5 Å². The lowest BCUT2D eigenvalue weighted by Crippen LogP contribution is -1.97. The first-order valence-corrected chi connectivity index (χ1v) is 18.5. The van der Waals surface area contributed by atoms with Crippen LogP contribution in [0.25, 0.3) is 52.8 Å². The highest BCUT2D eigenvalue weighted by Gasteiger charge is 2.28. The van der Waals surface area contributed by atoms with Crippen molar-refractivity contribution in [2.45, 2.75) is 52.9 Å². The molecule has 3 aromatic heterocycles. The highest BCUT2D eigenvalue weighted by atomic mass is 32.1. The van der Waals surface area contributed by atoms with Crippen LogP contribution in [-0.2, 0) is 11.4 Å². The minimum absolute atomic E-state index is 0.306. The zero-order valence-electron chi connectivity index (χ0n) is 25.8. The number of aromatic nitrogens is 2. The van der Waals surface area contributed by atoms with Crippen LogP contribution >= 0.6 is 34.4 Å². The summed E-state index contributed by atoms with van der Waals surface area (Å²) in [5.74, 6) is 0.612. The van der Waals surface area contributed by atoms with Crippen LogP contribution in [-0.4, -0.2) is 8.75 Å². The highest BCUT2D eigenvalue weighted by molar-refractivity contribution is 7.58. The fraction of sp³-hybridized carbons (Fsp3) is 0.278. The second kappa shape index (κ2) is 13.0. The van der Waals surface area contributed by atoms with Crippen molar-refractivity contribution in [1.29, 1.82) is 0 Å². The summed E-state index contributed by atoms with van der Waals surface area (Å²) in [6, 6.07) is 24.0. The lowest BCUT2D eigenvalue weighted by atomic mass is 9.99. The molecule has 0 N–H and O–H groups in total. The van der Waals surface area contributed by atoms with Crippen molar-refractivity contribution < 1.29 is 8.78 Å². The normalized spacial score (nSPS) is 13.9. The minimum atomic E-state index is -0.953. The summed E-state index contributed by atoms with van der Waals surface area (Å²) < 4.78 is 48.4. The van der Waals surface area contributed by atoms with E-state index in [9.17, 15) is 8.78 Å². The Morgan fingerprint density at radius 2 is 0.935 bits per heavy atom. The van der Waals surface area contributed by atoms with E-state index in [-0.39, 0.29) is 0 Å². The van der Waals surface area contributed by atoms with Gasteiger partial charge in [0.1, 0.15) is 34.8 Å². The van der Waals surface area contributed by atoms with Crippen molar-refractivity contribution in [3.63, 3.8) is 0 Å². The second-order valence-corrected chi connectivity index (χ2v) is 15.7. The summed E-state index contributed by atoms with van der Waals surface area (Å²) in [6.45, 7) is 8.17. The van der Waals surface area contributed by atoms with Gasteiger partial charge >= 0.3 is 0 Å². The third-order valence-corrected chi connectivity index (χ3v) is 11.5. The fourth-order valence-electron chi connectivity index (χ4n) is 5.79. The van der Waals surface area contributed by atoms with Gasteiger partial charge in [0, 0.05) is 30.6 Å². The molecule has 0 radical (unpaired) electrons. The number of thiophene rings is 2. The first kappa shape index (κ1) is 31.2. The maximum atomic E-state index is 14.7. The van der Waals surface area contributed by atoms with Crippen molar-refractivity contribution in [3.8, 4) is 41.8 Å². The second-order valence-electron chi connectivity index (χ2n) is 12.4. The molecule has 4 nitrogen and oxygen atoms in total. The van der Waals surface area contributed by atoms with Gasteiger partial charge in [-0.25, -0.2) is 8.78 Å². The molecular formula is C36H32F2N4S4. The van der Waals surface area contributed by atoms with E-state index in [1.807, 2.05) is 76.2 Å². The molecule has 0 saturated carbocycles. The standard InChI is InChI=1S/C36H32F2N4S4/c1-19(2)17-25(37)21-5-9-23(10-6-21)27-13-15-29(43-27)31-33-35(41-45-39-33)32(36-34(31)40-46-42-36)30-16-14-28(44-30)24-11-7-22(8-12-24)26(38)18-20(3)4/h5-16,19-20,25-26H,17-18H2,1-4H3. The molecule has 234 valence electrons. The van der Waals surface area contributed by atoms with E-state index < -0.39 is 12.3 Å². The summed E-state index contributed by atoms with van der Waals surface area (Å²) in [6.07, 6.45) is -0.864. The van der Waals surface area contributed by atoms with Gasteiger partial charge in [0.2, 0.25) is 0 Å². The largest absolute Gasteiger partial charge is 0.242 e. The van der Waals surface area contributed by atoms with E-state index in [0.29, 0.717) is 24.7 Å². The molecule has 0 fully saturated rings. The molecule has 0 bridgehead atoms. The molecule has 10 heteroatoms. The summed E-state index contributed by atoms with van der Waals surface area (Å²) in [5.41, 5.74) is 8.70. The van der Waals surface area contributed by atoms with Gasteiger partial charge in [-0.3, -0.25) is 0 Å². The molecule has 0 amide bonds. The first-order valence-electron chi connectivity index (χ1n) is 15.4. The maximum Gasteiger partial charge on any atom is 0.125 e. The van der Waals surface area contributed by atoms with Crippen molar-refractivity contribution in [3.05, 3.63) is 83.9 Å². The molecule has 3 aromatic carbocycles. The minimum Gasteiger partial charge on any atom is -0.242 e. The third kappa shape index (κ3) is 6.03. The van der Waals surface area contributed by atoms with Gasteiger partial charge in [0.05, 0.1) is 23.1 Å². The highest BCUT2D eigenvalue weighted by Crippen LogP contribution is 2.54. The first-order chi connectivity index (χ1) is 22.3. The quantitative estimate of drug-likeness (QED) is 0.144. The molecule has 0 spiro atoms. The van der Waals surface area contributed by atoms with Gasteiger partial charge in [0.25, 0.3) is 0 Å².